The second kappa shape index (κ2) is 4.94. The zero-order chi connectivity index (χ0) is 13.3. The molecule has 0 amide bonds. The van der Waals surface area contributed by atoms with Gasteiger partial charge in [0.05, 0.1) is 17.3 Å². The highest BCUT2D eigenvalue weighted by molar-refractivity contribution is 5.28. The van der Waals surface area contributed by atoms with Gasteiger partial charge in [0.2, 0.25) is 0 Å². The molecule has 2 nitrogen and oxygen atoms in total. The third-order valence-electron chi connectivity index (χ3n) is 3.92. The van der Waals surface area contributed by atoms with E-state index in [4.69, 9.17) is 4.74 Å². The zero-order valence-corrected chi connectivity index (χ0v) is 10.7. The fourth-order valence-corrected chi connectivity index (χ4v) is 2.50. The van der Waals surface area contributed by atoms with E-state index in [1.54, 1.807) is 14.0 Å². The molecule has 0 spiro atoms. The van der Waals surface area contributed by atoms with Crippen molar-refractivity contribution in [1.29, 1.82) is 0 Å². The molecule has 1 unspecified atom stereocenters. The molecule has 18 heavy (non-hydrogen) atoms. The molecule has 0 bridgehead atoms. The van der Waals surface area contributed by atoms with Crippen molar-refractivity contribution in [3.8, 4) is 0 Å². The summed E-state index contributed by atoms with van der Waals surface area (Å²) in [6.45, 7) is 1.56. The molecule has 1 saturated carbocycles. The van der Waals surface area contributed by atoms with E-state index in [2.05, 4.69) is 0 Å². The number of aliphatic hydroxyl groups is 1. The first-order chi connectivity index (χ1) is 8.49. The first-order valence-electron chi connectivity index (χ1n) is 6.17. The molecule has 0 aliphatic heterocycles. The largest absolute Gasteiger partial charge is 0.388 e. The van der Waals surface area contributed by atoms with E-state index < -0.39 is 23.3 Å². The molecule has 1 atom stereocenters. The van der Waals surface area contributed by atoms with Crippen molar-refractivity contribution in [2.75, 3.05) is 7.11 Å². The predicted octanol–water partition coefficient (Wildman–Crippen LogP) is 3.27. The average molecular weight is 256 g/mol. The summed E-state index contributed by atoms with van der Waals surface area (Å²) < 4.78 is 32.9. The van der Waals surface area contributed by atoms with Crippen LogP contribution in [-0.2, 0) is 4.74 Å². The van der Waals surface area contributed by atoms with Gasteiger partial charge in [-0.05, 0) is 37.8 Å². The zero-order valence-electron chi connectivity index (χ0n) is 10.7. The second-order valence-corrected chi connectivity index (χ2v) is 5.05. The standard InChI is InChI=1S/C14H18F2O2/c1-9-4-5-10(15)12(13(9)16)11(17)8-14(18-2)6-3-7-14/h4-5,11,17H,3,6-8H2,1-2H3. The Kier molecular flexibility index (Phi) is 3.69. The second-order valence-electron chi connectivity index (χ2n) is 5.05. The van der Waals surface area contributed by atoms with Gasteiger partial charge in [0.25, 0.3) is 0 Å². The van der Waals surface area contributed by atoms with E-state index in [1.165, 1.54) is 12.1 Å². The predicted molar refractivity (Wildman–Crippen MR) is 64.3 cm³/mol. The fraction of sp³-hybridized carbons (Fsp3) is 0.571. The van der Waals surface area contributed by atoms with Crippen molar-refractivity contribution in [3.05, 3.63) is 34.9 Å². The maximum atomic E-state index is 13.9. The molecule has 1 aromatic carbocycles. The van der Waals surface area contributed by atoms with Gasteiger partial charge in [-0.2, -0.15) is 0 Å². The summed E-state index contributed by atoms with van der Waals surface area (Å²) in [5, 5.41) is 10.1. The summed E-state index contributed by atoms with van der Waals surface area (Å²) in [7, 11) is 1.58. The van der Waals surface area contributed by atoms with Crippen molar-refractivity contribution >= 4 is 0 Å². The number of hydrogen-bond acceptors (Lipinski definition) is 2. The summed E-state index contributed by atoms with van der Waals surface area (Å²) in [5.74, 6) is -1.36. The Morgan fingerprint density at radius 3 is 2.56 bits per heavy atom. The van der Waals surface area contributed by atoms with Crippen LogP contribution in [0.2, 0.25) is 0 Å². The number of halogens is 2. The first kappa shape index (κ1) is 13.4. The van der Waals surface area contributed by atoms with Crippen LogP contribution in [0.15, 0.2) is 12.1 Å². The van der Waals surface area contributed by atoms with Crippen LogP contribution in [0.25, 0.3) is 0 Å². The molecule has 2 rings (SSSR count). The number of benzene rings is 1. The van der Waals surface area contributed by atoms with Crippen LogP contribution in [0.3, 0.4) is 0 Å². The molecule has 0 aromatic heterocycles. The minimum Gasteiger partial charge on any atom is -0.388 e. The molecule has 0 saturated heterocycles. The summed E-state index contributed by atoms with van der Waals surface area (Å²) in [4.78, 5) is 0. The molecule has 0 radical (unpaired) electrons. The minimum atomic E-state index is -1.16. The van der Waals surface area contributed by atoms with Crippen molar-refractivity contribution < 1.29 is 18.6 Å². The molecule has 100 valence electrons. The molecule has 1 aliphatic rings. The number of hydrogen-bond donors (Lipinski definition) is 1. The summed E-state index contributed by atoms with van der Waals surface area (Å²) in [6, 6.07) is 2.56. The first-order valence-corrected chi connectivity index (χ1v) is 6.17. The Balaban J connectivity index is 2.23. The quantitative estimate of drug-likeness (QED) is 0.896. The number of methoxy groups -OCH3 is 1. The molecule has 4 heteroatoms. The fourth-order valence-electron chi connectivity index (χ4n) is 2.50. The Morgan fingerprint density at radius 2 is 2.06 bits per heavy atom. The number of rotatable bonds is 4. The Hall–Kier alpha value is -1.00. The van der Waals surface area contributed by atoms with Gasteiger partial charge in [-0.15, -0.1) is 0 Å². The molecule has 0 heterocycles. The Bertz CT molecular complexity index is 436. The van der Waals surface area contributed by atoms with Crippen molar-refractivity contribution in [1.82, 2.24) is 0 Å². The lowest BCUT2D eigenvalue weighted by molar-refractivity contribution is -0.101. The van der Waals surface area contributed by atoms with E-state index in [0.29, 0.717) is 5.56 Å². The van der Waals surface area contributed by atoms with Crippen molar-refractivity contribution in [2.45, 2.75) is 44.3 Å². The van der Waals surface area contributed by atoms with Crippen LogP contribution in [0, 0.1) is 18.6 Å². The highest BCUT2D eigenvalue weighted by Gasteiger charge is 2.40. The van der Waals surface area contributed by atoms with Crippen LogP contribution in [-0.4, -0.2) is 17.8 Å². The van der Waals surface area contributed by atoms with Gasteiger partial charge in [0.15, 0.2) is 0 Å². The number of aliphatic hydroxyl groups excluding tert-OH is 1. The van der Waals surface area contributed by atoms with Crippen LogP contribution < -0.4 is 0 Å². The Labute approximate surface area is 106 Å². The van der Waals surface area contributed by atoms with E-state index in [1.807, 2.05) is 0 Å². The minimum absolute atomic E-state index is 0.237. The van der Waals surface area contributed by atoms with Gasteiger partial charge in [0.1, 0.15) is 11.6 Å². The van der Waals surface area contributed by atoms with Gasteiger partial charge in [-0.3, -0.25) is 0 Å². The van der Waals surface area contributed by atoms with E-state index in [0.717, 1.165) is 19.3 Å². The smallest absolute Gasteiger partial charge is 0.134 e. The maximum absolute atomic E-state index is 13.9. The van der Waals surface area contributed by atoms with Gasteiger partial charge < -0.3 is 9.84 Å². The number of aryl methyl sites for hydroxylation is 1. The molecule has 1 aliphatic carbocycles. The van der Waals surface area contributed by atoms with E-state index >= 15 is 0 Å². The Morgan fingerprint density at radius 1 is 1.39 bits per heavy atom. The molecule has 1 fully saturated rings. The summed E-state index contributed by atoms with van der Waals surface area (Å²) in [6.07, 6.45) is 1.76. The third kappa shape index (κ3) is 2.27. The third-order valence-corrected chi connectivity index (χ3v) is 3.92. The monoisotopic (exact) mass is 256 g/mol. The molecule has 1 aromatic rings. The lowest BCUT2D eigenvalue weighted by Crippen LogP contribution is -2.40. The van der Waals surface area contributed by atoms with Gasteiger partial charge in [-0.1, -0.05) is 6.07 Å². The highest BCUT2D eigenvalue weighted by Crippen LogP contribution is 2.42. The van der Waals surface area contributed by atoms with Crippen LogP contribution in [0.4, 0.5) is 8.78 Å². The molecular formula is C14H18F2O2. The summed E-state index contributed by atoms with van der Waals surface area (Å²) in [5.41, 5.74) is -0.314. The van der Waals surface area contributed by atoms with Crippen LogP contribution >= 0.6 is 0 Å². The average Bonchev–Trinajstić information content (AvgIpc) is 2.29. The van der Waals surface area contributed by atoms with Gasteiger partial charge in [0, 0.05) is 13.5 Å². The lowest BCUT2D eigenvalue weighted by Gasteiger charge is -2.42. The van der Waals surface area contributed by atoms with Crippen molar-refractivity contribution in [3.63, 3.8) is 0 Å². The normalized spacial score (nSPS) is 19.4. The van der Waals surface area contributed by atoms with Crippen LogP contribution in [0.1, 0.15) is 42.9 Å². The van der Waals surface area contributed by atoms with Gasteiger partial charge >= 0.3 is 0 Å². The van der Waals surface area contributed by atoms with Crippen molar-refractivity contribution in [2.24, 2.45) is 0 Å². The van der Waals surface area contributed by atoms with E-state index in [9.17, 15) is 13.9 Å². The molecule has 1 N–H and O–H groups in total. The van der Waals surface area contributed by atoms with E-state index in [-0.39, 0.29) is 12.0 Å². The lowest BCUT2D eigenvalue weighted by atomic mass is 9.75. The van der Waals surface area contributed by atoms with Gasteiger partial charge in [-0.25, -0.2) is 8.78 Å². The molecular weight excluding hydrogens is 238 g/mol. The maximum Gasteiger partial charge on any atom is 0.134 e. The topological polar surface area (TPSA) is 29.5 Å². The number of ether oxygens (including phenoxy) is 1. The highest BCUT2D eigenvalue weighted by atomic mass is 19.1. The summed E-state index contributed by atoms with van der Waals surface area (Å²) >= 11 is 0. The van der Waals surface area contributed by atoms with Crippen LogP contribution in [0.5, 0.6) is 0 Å². The SMILES string of the molecule is COC1(CC(O)c2c(F)ccc(C)c2F)CCC1.